The predicted molar refractivity (Wildman–Crippen MR) is 131 cm³/mol. The van der Waals surface area contributed by atoms with Crippen LogP contribution < -0.4 is 15.6 Å². The molecule has 0 radical (unpaired) electrons. The number of ether oxygens (including phenoxy) is 2. The highest BCUT2D eigenvalue weighted by molar-refractivity contribution is 7.16. The Bertz CT molecular complexity index is 1410. The van der Waals surface area contributed by atoms with Gasteiger partial charge in [-0.15, -0.1) is 11.3 Å². The summed E-state index contributed by atoms with van der Waals surface area (Å²) in [6, 6.07) is 13.7. The Morgan fingerprint density at radius 3 is 2.69 bits per heavy atom. The van der Waals surface area contributed by atoms with Crippen molar-refractivity contribution in [2.75, 3.05) is 6.61 Å². The van der Waals surface area contributed by atoms with Crippen LogP contribution in [0.4, 0.5) is 0 Å². The van der Waals surface area contributed by atoms with Gasteiger partial charge in [-0.05, 0) is 42.3 Å². The zero-order valence-corrected chi connectivity index (χ0v) is 19.7. The number of aromatic amines is 1. The summed E-state index contributed by atoms with van der Waals surface area (Å²) in [5, 5.41) is 13.8. The average Bonchev–Trinajstić information content (AvgIpc) is 3.30. The maximum absolute atomic E-state index is 12.7. The maximum atomic E-state index is 12.7. The number of benzene rings is 2. The summed E-state index contributed by atoms with van der Waals surface area (Å²) in [7, 11) is 0. The average molecular weight is 494 g/mol. The molecule has 2 aromatic carbocycles. The molecule has 0 unspecified atom stereocenters. The lowest BCUT2D eigenvalue weighted by Crippen LogP contribution is -2.27. The second kappa shape index (κ2) is 10.9. The van der Waals surface area contributed by atoms with E-state index in [4.69, 9.17) is 14.6 Å². The number of rotatable bonds is 9. The SMILES string of the molecule is CCOc1cccc(CNC(=O)c2nc3scc(COC(=O)c4ccc(CO)cc4)c3c(=O)[nH]2)c1. The largest absolute Gasteiger partial charge is 0.494 e. The number of aromatic nitrogens is 2. The number of aliphatic hydroxyl groups excluding tert-OH is 1. The zero-order chi connectivity index (χ0) is 24.8. The third-order valence-corrected chi connectivity index (χ3v) is 6.05. The van der Waals surface area contributed by atoms with Crippen molar-refractivity contribution in [2.24, 2.45) is 0 Å². The lowest BCUT2D eigenvalue weighted by Gasteiger charge is -2.08. The van der Waals surface area contributed by atoms with Gasteiger partial charge >= 0.3 is 5.97 Å². The fourth-order valence-electron chi connectivity index (χ4n) is 3.37. The number of hydrogen-bond donors (Lipinski definition) is 3. The number of thiophene rings is 1. The quantitative estimate of drug-likeness (QED) is 0.305. The number of carbonyl (C=O) groups is 2. The summed E-state index contributed by atoms with van der Waals surface area (Å²) in [6.45, 7) is 2.44. The summed E-state index contributed by atoms with van der Waals surface area (Å²) in [5.41, 5.74) is 1.87. The van der Waals surface area contributed by atoms with Gasteiger partial charge in [0.2, 0.25) is 5.82 Å². The third-order valence-electron chi connectivity index (χ3n) is 5.13. The van der Waals surface area contributed by atoms with E-state index in [2.05, 4.69) is 15.3 Å². The molecule has 0 bridgehead atoms. The number of H-pyrrole nitrogens is 1. The molecule has 0 aliphatic carbocycles. The minimum atomic E-state index is -0.553. The minimum Gasteiger partial charge on any atom is -0.494 e. The summed E-state index contributed by atoms with van der Waals surface area (Å²) in [5.74, 6) is -0.458. The molecule has 35 heavy (non-hydrogen) atoms. The van der Waals surface area contributed by atoms with Crippen molar-refractivity contribution in [1.82, 2.24) is 15.3 Å². The Morgan fingerprint density at radius 2 is 1.94 bits per heavy atom. The monoisotopic (exact) mass is 493 g/mol. The number of nitrogens with one attached hydrogen (secondary N) is 2. The Hall–Kier alpha value is -4.02. The highest BCUT2D eigenvalue weighted by atomic mass is 32.1. The minimum absolute atomic E-state index is 0.0992. The van der Waals surface area contributed by atoms with Gasteiger partial charge in [0.25, 0.3) is 11.5 Å². The van der Waals surface area contributed by atoms with Crippen molar-refractivity contribution in [3.05, 3.63) is 92.3 Å². The molecule has 2 aromatic heterocycles. The summed E-state index contributed by atoms with van der Waals surface area (Å²) in [6.07, 6.45) is 0. The number of esters is 1. The first-order valence-electron chi connectivity index (χ1n) is 10.9. The standard InChI is InChI=1S/C25H23N3O6S/c1-2-33-19-5-3-4-16(10-19)11-26-23(31)21-27-22(30)20-18(14-35-24(20)28-21)13-34-25(32)17-8-6-15(12-29)7-9-17/h3-10,14,29H,2,11-13H2,1H3,(H,26,31)(H,27,28,30). The fourth-order valence-corrected chi connectivity index (χ4v) is 4.30. The molecule has 0 spiro atoms. The van der Waals surface area contributed by atoms with Crippen molar-refractivity contribution in [1.29, 1.82) is 0 Å². The van der Waals surface area contributed by atoms with Gasteiger partial charge in [0, 0.05) is 17.5 Å². The van der Waals surface area contributed by atoms with Crippen LogP contribution in [0, 0.1) is 0 Å². The number of carbonyl (C=O) groups excluding carboxylic acids is 2. The van der Waals surface area contributed by atoms with Crippen molar-refractivity contribution in [2.45, 2.75) is 26.7 Å². The van der Waals surface area contributed by atoms with Gasteiger partial charge in [-0.25, -0.2) is 9.78 Å². The van der Waals surface area contributed by atoms with Crippen LogP contribution in [-0.4, -0.2) is 33.6 Å². The molecule has 0 saturated heterocycles. The van der Waals surface area contributed by atoms with Gasteiger partial charge in [0.1, 0.15) is 17.2 Å². The molecule has 0 saturated carbocycles. The van der Waals surface area contributed by atoms with Crippen molar-refractivity contribution < 1.29 is 24.2 Å². The second-order valence-electron chi connectivity index (χ2n) is 7.55. The number of nitrogens with zero attached hydrogens (tertiary/aromatic N) is 1. The first-order chi connectivity index (χ1) is 17.0. The molecular weight excluding hydrogens is 470 g/mol. The van der Waals surface area contributed by atoms with E-state index < -0.39 is 17.4 Å². The van der Waals surface area contributed by atoms with Crippen LogP contribution in [0.3, 0.4) is 0 Å². The molecule has 0 atom stereocenters. The normalized spacial score (nSPS) is 10.8. The second-order valence-corrected chi connectivity index (χ2v) is 8.41. The molecule has 0 fully saturated rings. The Labute approximate surface area is 204 Å². The molecule has 0 aliphatic heterocycles. The lowest BCUT2D eigenvalue weighted by molar-refractivity contribution is 0.0474. The molecule has 0 aliphatic rings. The van der Waals surface area contributed by atoms with Crippen LogP contribution in [0.5, 0.6) is 5.75 Å². The molecule has 3 N–H and O–H groups in total. The van der Waals surface area contributed by atoms with E-state index in [0.29, 0.717) is 33.9 Å². The molecule has 4 rings (SSSR count). The maximum Gasteiger partial charge on any atom is 0.338 e. The molecule has 10 heteroatoms. The molecular formula is C25H23N3O6S. The van der Waals surface area contributed by atoms with E-state index in [9.17, 15) is 14.4 Å². The number of amides is 1. The van der Waals surface area contributed by atoms with Crippen LogP contribution in [0.15, 0.2) is 58.7 Å². The van der Waals surface area contributed by atoms with Crippen LogP contribution in [0.2, 0.25) is 0 Å². The Kier molecular flexibility index (Phi) is 7.54. The molecule has 9 nitrogen and oxygen atoms in total. The first kappa shape index (κ1) is 24.1. The lowest BCUT2D eigenvalue weighted by atomic mass is 10.1. The molecule has 4 aromatic rings. The van der Waals surface area contributed by atoms with E-state index >= 15 is 0 Å². The van der Waals surface area contributed by atoms with Gasteiger partial charge in [-0.2, -0.15) is 0 Å². The van der Waals surface area contributed by atoms with Gasteiger partial charge in [-0.1, -0.05) is 24.3 Å². The number of aliphatic hydroxyl groups is 1. The van der Waals surface area contributed by atoms with E-state index in [0.717, 1.165) is 5.56 Å². The van der Waals surface area contributed by atoms with Crippen LogP contribution in [-0.2, 0) is 24.5 Å². The Balaban J connectivity index is 1.43. The van der Waals surface area contributed by atoms with Gasteiger partial charge < -0.3 is 24.9 Å². The molecule has 1 amide bonds. The van der Waals surface area contributed by atoms with Gasteiger partial charge in [-0.3, -0.25) is 9.59 Å². The first-order valence-corrected chi connectivity index (χ1v) is 11.7. The van der Waals surface area contributed by atoms with Crippen molar-refractivity contribution in [3.8, 4) is 5.75 Å². The van der Waals surface area contributed by atoms with E-state index in [1.165, 1.54) is 11.3 Å². The van der Waals surface area contributed by atoms with Gasteiger partial charge in [0.15, 0.2) is 0 Å². The van der Waals surface area contributed by atoms with Crippen molar-refractivity contribution in [3.63, 3.8) is 0 Å². The highest BCUT2D eigenvalue weighted by Crippen LogP contribution is 2.22. The van der Waals surface area contributed by atoms with Crippen LogP contribution in [0.25, 0.3) is 10.2 Å². The molecule has 180 valence electrons. The van der Waals surface area contributed by atoms with Crippen LogP contribution in [0.1, 0.15) is 44.6 Å². The number of hydrogen-bond acceptors (Lipinski definition) is 8. The topological polar surface area (TPSA) is 131 Å². The zero-order valence-electron chi connectivity index (χ0n) is 18.9. The molecule has 2 heterocycles. The smallest absolute Gasteiger partial charge is 0.338 e. The summed E-state index contributed by atoms with van der Waals surface area (Å²) in [4.78, 5) is 44.8. The summed E-state index contributed by atoms with van der Waals surface area (Å²) >= 11 is 1.19. The van der Waals surface area contributed by atoms with E-state index in [1.54, 1.807) is 29.6 Å². The third kappa shape index (κ3) is 5.73. The van der Waals surface area contributed by atoms with Crippen LogP contribution >= 0.6 is 11.3 Å². The van der Waals surface area contributed by atoms with Gasteiger partial charge in [0.05, 0.1) is 24.2 Å². The van der Waals surface area contributed by atoms with E-state index in [-0.39, 0.29) is 31.0 Å². The van der Waals surface area contributed by atoms with E-state index in [1.807, 2.05) is 31.2 Å². The fraction of sp³-hybridized carbons (Fsp3) is 0.200. The highest BCUT2D eigenvalue weighted by Gasteiger charge is 2.17. The van der Waals surface area contributed by atoms with Crippen molar-refractivity contribution >= 4 is 33.4 Å². The Morgan fingerprint density at radius 1 is 1.14 bits per heavy atom. The summed E-state index contributed by atoms with van der Waals surface area (Å²) < 4.78 is 10.8. The number of fused-ring (bicyclic) bond motifs is 1. The predicted octanol–water partition coefficient (Wildman–Crippen LogP) is 3.16.